The number of carbonyl (C=O) groups excluding carboxylic acids is 1. The molecular weight excluding hydrogens is 224 g/mol. The van der Waals surface area contributed by atoms with Gasteiger partial charge in [0.2, 0.25) is 5.91 Å². The van der Waals surface area contributed by atoms with Gasteiger partial charge >= 0.3 is 0 Å². The molecule has 0 spiro atoms. The summed E-state index contributed by atoms with van der Waals surface area (Å²) >= 11 is 0. The number of carbonyl (C=O) groups is 1. The van der Waals surface area contributed by atoms with Crippen molar-refractivity contribution in [2.75, 3.05) is 0 Å². The van der Waals surface area contributed by atoms with Gasteiger partial charge in [0.25, 0.3) is 0 Å². The predicted molar refractivity (Wildman–Crippen MR) is 42.7 cm³/mol. The third-order valence-corrected chi connectivity index (χ3v) is 1.47. The van der Waals surface area contributed by atoms with Crippen molar-refractivity contribution in [2.45, 2.75) is 13.5 Å². The van der Waals surface area contributed by atoms with Crippen LogP contribution in [-0.4, -0.2) is 5.91 Å². The molecule has 0 aliphatic heterocycles. The van der Waals surface area contributed by atoms with Crippen LogP contribution in [0.1, 0.15) is 12.5 Å². The first kappa shape index (κ1) is 13.3. The van der Waals surface area contributed by atoms with E-state index in [1.165, 1.54) is 13.0 Å². The Morgan fingerprint density at radius 1 is 1.50 bits per heavy atom. The molecule has 0 aliphatic rings. The van der Waals surface area contributed by atoms with Gasteiger partial charge in [0.15, 0.2) is 0 Å². The third-order valence-electron chi connectivity index (χ3n) is 1.47. The zero-order valence-corrected chi connectivity index (χ0v) is 9.09. The monoisotopic (exact) mass is 232 g/mol. The quantitative estimate of drug-likeness (QED) is 0.606. The first-order valence-corrected chi connectivity index (χ1v) is 3.70. The van der Waals surface area contributed by atoms with E-state index in [9.17, 15) is 13.6 Å². The zero-order valence-electron chi connectivity index (χ0n) is 7.53. The van der Waals surface area contributed by atoms with Gasteiger partial charge in [-0.3, -0.25) is 4.79 Å². The summed E-state index contributed by atoms with van der Waals surface area (Å²) in [7, 11) is 0. The number of nitrogens with one attached hydrogen (secondary N) is 1. The SMILES string of the molecule is CC(=O)NCc1ccc(F)[c-]c1F.[Ti]. The summed E-state index contributed by atoms with van der Waals surface area (Å²) in [5.74, 6) is -1.78. The first-order chi connectivity index (χ1) is 6.09. The van der Waals surface area contributed by atoms with Crippen LogP contribution in [-0.2, 0) is 33.1 Å². The Morgan fingerprint density at radius 3 is 2.64 bits per heavy atom. The van der Waals surface area contributed by atoms with Crippen LogP contribution < -0.4 is 5.32 Å². The summed E-state index contributed by atoms with van der Waals surface area (Å²) in [6.07, 6.45) is 0. The van der Waals surface area contributed by atoms with E-state index in [0.717, 1.165) is 6.07 Å². The Kier molecular flexibility index (Phi) is 5.57. The molecule has 14 heavy (non-hydrogen) atoms. The van der Waals surface area contributed by atoms with Gasteiger partial charge in [-0.05, 0) is 0 Å². The van der Waals surface area contributed by atoms with Gasteiger partial charge in [-0.15, -0.1) is 17.7 Å². The molecule has 1 N–H and O–H groups in total. The van der Waals surface area contributed by atoms with Gasteiger partial charge in [0.1, 0.15) is 0 Å². The van der Waals surface area contributed by atoms with Crippen molar-refractivity contribution in [3.63, 3.8) is 0 Å². The summed E-state index contributed by atoms with van der Waals surface area (Å²) in [5.41, 5.74) is 0.219. The molecule has 5 heteroatoms. The second-order valence-corrected chi connectivity index (χ2v) is 2.56. The maximum absolute atomic E-state index is 12.9. The van der Waals surface area contributed by atoms with Crippen molar-refractivity contribution in [3.8, 4) is 0 Å². The van der Waals surface area contributed by atoms with Crippen molar-refractivity contribution in [3.05, 3.63) is 35.4 Å². The first-order valence-electron chi connectivity index (χ1n) is 3.70. The van der Waals surface area contributed by atoms with E-state index in [-0.39, 0.29) is 39.7 Å². The Labute approximate surface area is 95.6 Å². The maximum Gasteiger partial charge on any atom is 0.216 e. The van der Waals surface area contributed by atoms with E-state index in [0.29, 0.717) is 0 Å². The Hall–Kier alpha value is -0.736. The maximum atomic E-state index is 12.9. The molecule has 0 aliphatic carbocycles. The van der Waals surface area contributed by atoms with Gasteiger partial charge < -0.3 is 5.32 Å². The zero-order chi connectivity index (χ0) is 9.84. The number of hydrogen-bond donors (Lipinski definition) is 1. The van der Waals surface area contributed by atoms with Gasteiger partial charge in [0.05, 0.1) is 0 Å². The molecule has 1 aromatic carbocycles. The largest absolute Gasteiger partial charge is 0.363 e. The van der Waals surface area contributed by atoms with Crippen LogP contribution in [0.4, 0.5) is 8.78 Å². The average molecular weight is 232 g/mol. The van der Waals surface area contributed by atoms with Gasteiger partial charge in [-0.2, -0.15) is 6.07 Å². The Balaban J connectivity index is 0.00000169. The fraction of sp³-hybridized carbons (Fsp3) is 0.222. The minimum Gasteiger partial charge on any atom is -0.363 e. The Morgan fingerprint density at radius 2 is 2.14 bits per heavy atom. The fourth-order valence-electron chi connectivity index (χ4n) is 0.830. The molecule has 0 aromatic heterocycles. The van der Waals surface area contributed by atoms with Gasteiger partial charge in [-0.1, -0.05) is 0 Å². The van der Waals surface area contributed by atoms with E-state index in [2.05, 4.69) is 5.32 Å². The number of rotatable bonds is 2. The van der Waals surface area contributed by atoms with E-state index in [1.807, 2.05) is 6.07 Å². The standard InChI is InChI=1S/C9H8F2NO.Ti/c1-6(13)12-5-7-2-3-8(10)4-9(7)11;/h2-3H,5H2,1H3,(H,12,13);/q-1;. The van der Waals surface area contributed by atoms with E-state index >= 15 is 0 Å². The van der Waals surface area contributed by atoms with Crippen molar-refractivity contribution in [1.82, 2.24) is 5.32 Å². The van der Waals surface area contributed by atoms with E-state index in [1.54, 1.807) is 0 Å². The van der Waals surface area contributed by atoms with Crippen molar-refractivity contribution < 1.29 is 35.3 Å². The van der Waals surface area contributed by atoms with Crippen LogP contribution in [0.3, 0.4) is 0 Å². The molecule has 0 bridgehead atoms. The smallest absolute Gasteiger partial charge is 0.216 e. The van der Waals surface area contributed by atoms with Crippen LogP contribution in [0.25, 0.3) is 0 Å². The molecule has 1 rings (SSSR count). The normalized spacial score (nSPS) is 9.07. The van der Waals surface area contributed by atoms with Crippen LogP contribution in [0.5, 0.6) is 0 Å². The number of hydrogen-bond acceptors (Lipinski definition) is 1. The second-order valence-electron chi connectivity index (χ2n) is 2.56. The molecule has 1 aromatic rings. The number of amides is 1. The molecule has 1 amide bonds. The topological polar surface area (TPSA) is 29.1 Å². The number of halogens is 2. The summed E-state index contributed by atoms with van der Waals surface area (Å²) in [6.45, 7) is 1.38. The third kappa shape index (κ3) is 3.98. The molecule has 0 radical (unpaired) electrons. The summed E-state index contributed by atoms with van der Waals surface area (Å²) in [6, 6.07) is 4.25. The molecule has 0 fully saturated rings. The Bertz CT molecular complexity index is 331. The van der Waals surface area contributed by atoms with Crippen LogP contribution in [0.15, 0.2) is 12.1 Å². The molecular formula is C9H8F2NOTi-. The van der Waals surface area contributed by atoms with Crippen molar-refractivity contribution >= 4 is 5.91 Å². The van der Waals surface area contributed by atoms with Crippen molar-refractivity contribution in [2.24, 2.45) is 0 Å². The molecule has 2 nitrogen and oxygen atoms in total. The van der Waals surface area contributed by atoms with Crippen LogP contribution in [0.2, 0.25) is 0 Å². The minimum absolute atomic E-state index is 0. The van der Waals surface area contributed by atoms with Crippen LogP contribution >= 0.6 is 0 Å². The summed E-state index contributed by atoms with van der Waals surface area (Å²) in [5, 5.41) is 2.40. The second kappa shape index (κ2) is 5.88. The molecule has 0 unspecified atom stereocenters. The van der Waals surface area contributed by atoms with Gasteiger partial charge in [-0.25, -0.2) is 8.78 Å². The molecule has 0 saturated carbocycles. The predicted octanol–water partition coefficient (Wildman–Crippen LogP) is 1.40. The van der Waals surface area contributed by atoms with E-state index < -0.39 is 11.6 Å². The molecule has 0 atom stereocenters. The summed E-state index contributed by atoms with van der Waals surface area (Å²) in [4.78, 5) is 10.5. The average Bonchev–Trinajstić information content (AvgIpc) is 2.02. The van der Waals surface area contributed by atoms with Crippen LogP contribution in [0, 0.1) is 17.7 Å². The fourth-order valence-corrected chi connectivity index (χ4v) is 0.830. The molecule has 0 heterocycles. The van der Waals surface area contributed by atoms with Gasteiger partial charge in [0, 0.05) is 46.8 Å². The van der Waals surface area contributed by atoms with E-state index in [4.69, 9.17) is 0 Å². The molecule has 0 saturated heterocycles. The number of benzene rings is 1. The molecule has 74 valence electrons. The van der Waals surface area contributed by atoms with Crippen molar-refractivity contribution in [1.29, 1.82) is 0 Å². The summed E-state index contributed by atoms with van der Waals surface area (Å²) < 4.78 is 25.2. The minimum atomic E-state index is -0.770.